The van der Waals surface area contributed by atoms with Crippen molar-refractivity contribution in [3.8, 4) is 0 Å². The number of nitrogens with zero attached hydrogens (tertiary/aromatic N) is 2. The second-order valence-corrected chi connectivity index (χ2v) is 15.4. The van der Waals surface area contributed by atoms with E-state index in [1.807, 2.05) is 43.9 Å². The maximum absolute atomic E-state index is 12.8. The summed E-state index contributed by atoms with van der Waals surface area (Å²) in [5.41, 5.74) is -0.518. The largest absolute Gasteiger partial charge is 0.444 e. The van der Waals surface area contributed by atoms with Gasteiger partial charge in [0.2, 0.25) is 0 Å². The molecule has 7 heteroatoms. The number of hydrogen-bond acceptors (Lipinski definition) is 5. The Morgan fingerprint density at radius 2 is 1.89 bits per heavy atom. The number of carbonyl (C=O) groups is 1. The van der Waals surface area contributed by atoms with Crippen molar-refractivity contribution in [1.29, 1.82) is 0 Å². The minimum Gasteiger partial charge on any atom is -0.444 e. The molecule has 5 nitrogen and oxygen atoms in total. The molecular weight excluding hydrogens is 376 g/mol. The molecule has 0 spiro atoms. The van der Waals surface area contributed by atoms with E-state index in [-0.39, 0.29) is 22.6 Å². The summed E-state index contributed by atoms with van der Waals surface area (Å²) < 4.78 is 12.3. The Balaban J connectivity index is 2.24. The van der Waals surface area contributed by atoms with Gasteiger partial charge in [-0.3, -0.25) is 4.90 Å². The normalized spacial score (nSPS) is 21.4. The lowest BCUT2D eigenvalue weighted by Gasteiger charge is -2.40. The van der Waals surface area contributed by atoms with Gasteiger partial charge < -0.3 is 9.16 Å². The molecule has 1 fully saturated rings. The molecule has 0 saturated carbocycles. The Labute approximate surface area is 169 Å². The fourth-order valence-corrected chi connectivity index (χ4v) is 5.25. The molecule has 1 saturated heterocycles. The van der Waals surface area contributed by atoms with Crippen LogP contribution in [0.4, 0.5) is 4.79 Å². The fraction of sp³-hybridized carbons (Fsp3) is 0.700. The van der Waals surface area contributed by atoms with Crippen LogP contribution in [0.1, 0.15) is 48.0 Å². The average molecular weight is 411 g/mol. The topological polar surface area (TPSA) is 51.7 Å². The van der Waals surface area contributed by atoms with E-state index < -0.39 is 13.9 Å². The van der Waals surface area contributed by atoms with Gasteiger partial charge in [-0.2, -0.15) is 0 Å². The summed E-state index contributed by atoms with van der Waals surface area (Å²) in [5, 5.41) is 0.873. The minimum absolute atomic E-state index is 0.0228. The van der Waals surface area contributed by atoms with Gasteiger partial charge in [-0.1, -0.05) is 38.6 Å². The van der Waals surface area contributed by atoms with Crippen LogP contribution in [0.2, 0.25) is 18.1 Å². The SMILES string of the molecule is CC(C)(C)OC(=O)N1CC[C@H](O[Si](C)(C)C(C)(C)C)[C@H]1Sc1ccccn1. The van der Waals surface area contributed by atoms with Crippen molar-refractivity contribution in [1.82, 2.24) is 9.88 Å². The first-order chi connectivity index (χ1) is 12.3. The Morgan fingerprint density at radius 3 is 2.41 bits per heavy atom. The van der Waals surface area contributed by atoms with Crippen LogP contribution >= 0.6 is 11.8 Å². The molecule has 0 radical (unpaired) electrons. The van der Waals surface area contributed by atoms with Crippen molar-refractivity contribution in [3.63, 3.8) is 0 Å². The summed E-state index contributed by atoms with van der Waals surface area (Å²) in [6.45, 7) is 17.5. The van der Waals surface area contributed by atoms with Crippen molar-refractivity contribution in [2.24, 2.45) is 0 Å². The van der Waals surface area contributed by atoms with Crippen molar-refractivity contribution in [2.75, 3.05) is 6.54 Å². The van der Waals surface area contributed by atoms with Gasteiger partial charge in [0.05, 0.1) is 11.1 Å². The highest BCUT2D eigenvalue weighted by atomic mass is 32.2. The number of thioether (sulfide) groups is 1. The van der Waals surface area contributed by atoms with E-state index in [2.05, 4.69) is 38.8 Å². The molecule has 2 heterocycles. The molecule has 2 atom stereocenters. The highest BCUT2D eigenvalue weighted by Crippen LogP contribution is 2.42. The highest BCUT2D eigenvalue weighted by Gasteiger charge is 2.46. The number of rotatable bonds is 4. The zero-order valence-corrected chi connectivity index (χ0v) is 19.7. The highest BCUT2D eigenvalue weighted by molar-refractivity contribution is 7.99. The Bertz CT molecular complexity index is 641. The number of pyridine rings is 1. The van der Waals surface area contributed by atoms with Crippen LogP contribution < -0.4 is 0 Å². The van der Waals surface area contributed by atoms with Crippen LogP contribution in [0.15, 0.2) is 29.4 Å². The molecule has 27 heavy (non-hydrogen) atoms. The van der Waals surface area contributed by atoms with Crippen LogP contribution in [0.5, 0.6) is 0 Å². The molecular formula is C20H34N2O3SSi. The van der Waals surface area contributed by atoms with Gasteiger partial charge in [-0.15, -0.1) is 0 Å². The number of aromatic nitrogens is 1. The van der Waals surface area contributed by atoms with Gasteiger partial charge in [0, 0.05) is 12.7 Å². The lowest BCUT2D eigenvalue weighted by molar-refractivity contribution is 0.0246. The number of carbonyl (C=O) groups excluding carboxylic acids is 1. The third kappa shape index (κ3) is 5.96. The van der Waals surface area contributed by atoms with E-state index in [1.165, 1.54) is 0 Å². The summed E-state index contributed by atoms with van der Waals surface area (Å²) in [4.78, 5) is 19.0. The molecule has 1 amide bonds. The van der Waals surface area contributed by atoms with Crippen molar-refractivity contribution >= 4 is 26.2 Å². The van der Waals surface area contributed by atoms with E-state index in [9.17, 15) is 4.79 Å². The monoisotopic (exact) mass is 410 g/mol. The van der Waals surface area contributed by atoms with Crippen molar-refractivity contribution in [3.05, 3.63) is 24.4 Å². The first-order valence-electron chi connectivity index (χ1n) is 9.55. The second kappa shape index (κ2) is 8.13. The quantitative estimate of drug-likeness (QED) is 0.611. The summed E-state index contributed by atoms with van der Waals surface area (Å²) >= 11 is 1.58. The molecule has 1 aliphatic heterocycles. The molecule has 1 aromatic rings. The summed E-state index contributed by atoms with van der Waals surface area (Å²) in [5.74, 6) is 0. The molecule has 0 bridgehead atoms. The maximum Gasteiger partial charge on any atom is 0.411 e. The number of likely N-dealkylation sites (tertiary alicyclic amines) is 1. The third-order valence-corrected chi connectivity index (χ3v) is 10.8. The van der Waals surface area contributed by atoms with E-state index >= 15 is 0 Å². The van der Waals surface area contributed by atoms with E-state index in [0.717, 1.165) is 11.4 Å². The van der Waals surface area contributed by atoms with Gasteiger partial charge in [0.15, 0.2) is 8.32 Å². The number of ether oxygens (including phenoxy) is 1. The third-order valence-electron chi connectivity index (χ3n) is 5.04. The predicted molar refractivity (Wildman–Crippen MR) is 114 cm³/mol. The van der Waals surface area contributed by atoms with Gasteiger partial charge in [0.25, 0.3) is 0 Å². The molecule has 2 rings (SSSR count). The molecule has 1 aromatic heterocycles. The zero-order valence-electron chi connectivity index (χ0n) is 17.9. The lowest BCUT2D eigenvalue weighted by atomic mass is 10.2. The van der Waals surface area contributed by atoms with Crippen LogP contribution in [0, 0.1) is 0 Å². The van der Waals surface area contributed by atoms with Crippen molar-refractivity contribution in [2.45, 2.75) is 88.2 Å². The Hall–Kier alpha value is -1.05. The summed E-state index contributed by atoms with van der Waals surface area (Å²) in [6.07, 6.45) is 2.29. The van der Waals surface area contributed by atoms with Gasteiger partial charge in [-0.25, -0.2) is 9.78 Å². The molecule has 152 valence electrons. The standard InChI is InChI=1S/C20H34N2O3SSi/c1-19(2,3)24-18(23)22-14-12-15(25-27(7,8)20(4,5)6)17(22)26-16-11-9-10-13-21-16/h9-11,13,15,17H,12,14H2,1-8H3/t15-,17+/m0/s1. The van der Waals surface area contributed by atoms with Crippen LogP contribution in [0.3, 0.4) is 0 Å². The van der Waals surface area contributed by atoms with E-state index in [1.54, 1.807) is 18.0 Å². The second-order valence-electron chi connectivity index (χ2n) is 9.56. The molecule has 0 N–H and O–H groups in total. The van der Waals surface area contributed by atoms with Gasteiger partial charge in [-0.05, 0) is 57.5 Å². The number of hydrogen-bond donors (Lipinski definition) is 0. The molecule has 0 aliphatic carbocycles. The fourth-order valence-electron chi connectivity index (χ4n) is 2.60. The first-order valence-corrected chi connectivity index (χ1v) is 13.3. The zero-order chi connectivity index (χ0) is 20.5. The number of amides is 1. The van der Waals surface area contributed by atoms with Crippen LogP contribution in [-0.2, 0) is 9.16 Å². The smallest absolute Gasteiger partial charge is 0.411 e. The Morgan fingerprint density at radius 1 is 1.22 bits per heavy atom. The maximum atomic E-state index is 12.8. The summed E-state index contributed by atoms with van der Waals surface area (Å²) in [6, 6.07) is 5.83. The van der Waals surface area contributed by atoms with Crippen molar-refractivity contribution < 1.29 is 14.0 Å². The average Bonchev–Trinajstić information content (AvgIpc) is 2.87. The predicted octanol–water partition coefficient (Wildman–Crippen LogP) is 5.53. The molecule has 0 aromatic carbocycles. The van der Waals surface area contributed by atoms with Gasteiger partial charge >= 0.3 is 6.09 Å². The van der Waals surface area contributed by atoms with E-state index in [4.69, 9.17) is 9.16 Å². The molecule has 0 unspecified atom stereocenters. The lowest BCUT2D eigenvalue weighted by Crippen LogP contribution is -2.48. The molecule has 1 aliphatic rings. The van der Waals surface area contributed by atoms with Crippen LogP contribution in [0.25, 0.3) is 0 Å². The first kappa shape index (κ1) is 22.2. The van der Waals surface area contributed by atoms with Crippen LogP contribution in [-0.4, -0.2) is 47.9 Å². The Kier molecular flexibility index (Phi) is 6.70. The summed E-state index contributed by atoms with van der Waals surface area (Å²) in [7, 11) is -1.95. The van der Waals surface area contributed by atoms with Gasteiger partial charge in [0.1, 0.15) is 11.0 Å². The minimum atomic E-state index is -1.95. The van der Waals surface area contributed by atoms with E-state index in [0.29, 0.717) is 6.54 Å².